The molecule has 1 aliphatic carbocycles. The standard InChI is InChI=1S/C13H15Cl2N3O/c14-10-5-4-9(7-11(10)15)13(8-17-18-16)6-2-1-3-12(13)19/h4-5,7,12,19H,1-3,6,8H2/t12-,13+/m1/s1. The van der Waals surface area contributed by atoms with E-state index in [-0.39, 0.29) is 6.54 Å². The Morgan fingerprint density at radius 2 is 2.16 bits per heavy atom. The van der Waals surface area contributed by atoms with Gasteiger partial charge in [0.2, 0.25) is 0 Å². The molecule has 1 aliphatic rings. The summed E-state index contributed by atoms with van der Waals surface area (Å²) in [5.74, 6) is 0. The van der Waals surface area contributed by atoms with Gasteiger partial charge in [0.15, 0.2) is 0 Å². The van der Waals surface area contributed by atoms with E-state index in [1.54, 1.807) is 12.1 Å². The number of azide groups is 1. The summed E-state index contributed by atoms with van der Waals surface area (Å²) in [6, 6.07) is 5.35. The lowest BCUT2D eigenvalue weighted by molar-refractivity contribution is 0.0464. The highest BCUT2D eigenvalue weighted by molar-refractivity contribution is 6.42. The maximum Gasteiger partial charge on any atom is 0.0638 e. The van der Waals surface area contributed by atoms with Crippen LogP contribution in [0.25, 0.3) is 10.4 Å². The predicted octanol–water partition coefficient (Wildman–Crippen LogP) is 4.48. The van der Waals surface area contributed by atoms with Crippen LogP contribution in [-0.4, -0.2) is 17.8 Å². The molecule has 102 valence electrons. The molecule has 0 spiro atoms. The van der Waals surface area contributed by atoms with Gasteiger partial charge in [0.1, 0.15) is 0 Å². The molecule has 0 radical (unpaired) electrons. The Bertz CT molecular complexity index is 517. The molecule has 0 aliphatic heterocycles. The highest BCUT2D eigenvalue weighted by Gasteiger charge is 2.41. The van der Waals surface area contributed by atoms with E-state index in [4.69, 9.17) is 28.7 Å². The zero-order valence-electron chi connectivity index (χ0n) is 10.4. The van der Waals surface area contributed by atoms with E-state index < -0.39 is 11.5 Å². The fourth-order valence-electron chi connectivity index (χ4n) is 2.80. The Labute approximate surface area is 122 Å². The van der Waals surface area contributed by atoms with Crippen LogP contribution in [0.3, 0.4) is 0 Å². The van der Waals surface area contributed by atoms with Crippen LogP contribution in [0.5, 0.6) is 0 Å². The van der Waals surface area contributed by atoms with E-state index >= 15 is 0 Å². The molecule has 0 heterocycles. The average molecular weight is 300 g/mol. The molecule has 0 bridgehead atoms. The third kappa shape index (κ3) is 2.82. The molecule has 0 unspecified atom stereocenters. The molecule has 0 saturated heterocycles. The van der Waals surface area contributed by atoms with Gasteiger partial charge < -0.3 is 5.11 Å². The number of aliphatic hydroxyl groups is 1. The van der Waals surface area contributed by atoms with Crippen molar-refractivity contribution >= 4 is 23.2 Å². The number of rotatable bonds is 3. The fraction of sp³-hybridized carbons (Fsp3) is 0.538. The van der Waals surface area contributed by atoms with Crippen molar-refractivity contribution in [3.63, 3.8) is 0 Å². The van der Waals surface area contributed by atoms with E-state index in [1.807, 2.05) is 6.07 Å². The number of halogens is 2. The summed E-state index contributed by atoms with van der Waals surface area (Å²) in [5, 5.41) is 15.0. The number of hydrogen-bond acceptors (Lipinski definition) is 2. The van der Waals surface area contributed by atoms with E-state index in [9.17, 15) is 5.11 Å². The molecule has 0 amide bonds. The van der Waals surface area contributed by atoms with Gasteiger partial charge in [-0.1, -0.05) is 47.2 Å². The van der Waals surface area contributed by atoms with Gasteiger partial charge in [-0.2, -0.15) is 0 Å². The second-order valence-corrected chi connectivity index (χ2v) is 5.75. The number of nitrogens with zero attached hydrogens (tertiary/aromatic N) is 3. The zero-order valence-corrected chi connectivity index (χ0v) is 11.9. The Hall–Kier alpha value is -0.930. The van der Waals surface area contributed by atoms with Crippen molar-refractivity contribution < 1.29 is 5.11 Å². The van der Waals surface area contributed by atoms with E-state index in [0.717, 1.165) is 24.8 Å². The predicted molar refractivity (Wildman–Crippen MR) is 76.6 cm³/mol. The summed E-state index contributed by atoms with van der Waals surface area (Å²) in [6.07, 6.45) is 2.95. The van der Waals surface area contributed by atoms with Gasteiger partial charge in [0.25, 0.3) is 0 Å². The summed E-state index contributed by atoms with van der Waals surface area (Å²) in [6.45, 7) is 0.239. The average Bonchev–Trinajstić information content (AvgIpc) is 2.41. The van der Waals surface area contributed by atoms with Crippen LogP contribution >= 0.6 is 23.2 Å². The molecule has 2 rings (SSSR count). The van der Waals surface area contributed by atoms with Crippen molar-refractivity contribution in [3.05, 3.63) is 44.3 Å². The van der Waals surface area contributed by atoms with Gasteiger partial charge in [-0.15, -0.1) is 0 Å². The first-order chi connectivity index (χ1) is 9.10. The molecule has 1 aromatic rings. The lowest BCUT2D eigenvalue weighted by Gasteiger charge is -2.41. The van der Waals surface area contributed by atoms with E-state index in [2.05, 4.69) is 10.0 Å². The first-order valence-corrected chi connectivity index (χ1v) is 7.00. The Balaban J connectivity index is 2.46. The molecular weight excluding hydrogens is 285 g/mol. The van der Waals surface area contributed by atoms with Crippen molar-refractivity contribution in [2.24, 2.45) is 5.11 Å². The van der Waals surface area contributed by atoms with Gasteiger partial charge in [0.05, 0.1) is 16.1 Å². The van der Waals surface area contributed by atoms with Crippen LogP contribution in [0.1, 0.15) is 31.2 Å². The maximum absolute atomic E-state index is 10.4. The van der Waals surface area contributed by atoms with Crippen molar-refractivity contribution in [2.45, 2.75) is 37.2 Å². The molecular formula is C13H15Cl2N3O. The van der Waals surface area contributed by atoms with Gasteiger partial charge in [0, 0.05) is 16.9 Å². The molecule has 0 aromatic heterocycles. The molecule has 6 heteroatoms. The largest absolute Gasteiger partial charge is 0.392 e. The van der Waals surface area contributed by atoms with Crippen LogP contribution in [0.2, 0.25) is 10.0 Å². The SMILES string of the molecule is [N-]=[N+]=NC[C@]1(c2ccc(Cl)c(Cl)c2)CCCC[C@H]1O. The number of benzene rings is 1. The minimum atomic E-state index is -0.543. The van der Waals surface area contributed by atoms with Crippen LogP contribution in [-0.2, 0) is 5.41 Å². The Morgan fingerprint density at radius 3 is 2.79 bits per heavy atom. The number of aliphatic hydroxyl groups excluding tert-OH is 1. The summed E-state index contributed by atoms with van der Waals surface area (Å²) < 4.78 is 0. The quantitative estimate of drug-likeness (QED) is 0.499. The fourth-order valence-corrected chi connectivity index (χ4v) is 3.10. The molecule has 19 heavy (non-hydrogen) atoms. The normalized spacial score (nSPS) is 26.8. The summed E-state index contributed by atoms with van der Waals surface area (Å²) in [4.78, 5) is 2.83. The monoisotopic (exact) mass is 299 g/mol. The molecule has 2 atom stereocenters. The third-order valence-corrected chi connectivity index (χ3v) is 4.64. The molecule has 4 nitrogen and oxygen atoms in total. The van der Waals surface area contributed by atoms with Crippen LogP contribution < -0.4 is 0 Å². The molecule has 1 fully saturated rings. The van der Waals surface area contributed by atoms with Crippen molar-refractivity contribution in [1.82, 2.24) is 0 Å². The van der Waals surface area contributed by atoms with Crippen LogP contribution in [0.4, 0.5) is 0 Å². The lowest BCUT2D eigenvalue weighted by atomic mass is 9.67. The highest BCUT2D eigenvalue weighted by Crippen LogP contribution is 2.41. The van der Waals surface area contributed by atoms with E-state index in [0.29, 0.717) is 16.5 Å². The molecule has 1 saturated carbocycles. The summed E-state index contributed by atoms with van der Waals surface area (Å²) >= 11 is 12.0. The minimum absolute atomic E-state index is 0.239. The molecule has 1 aromatic carbocycles. The summed E-state index contributed by atoms with van der Waals surface area (Å²) in [5.41, 5.74) is 8.92. The van der Waals surface area contributed by atoms with Crippen molar-refractivity contribution in [3.8, 4) is 0 Å². The second kappa shape index (κ2) is 6.02. The third-order valence-electron chi connectivity index (χ3n) is 3.90. The molecule has 1 N–H and O–H groups in total. The smallest absolute Gasteiger partial charge is 0.0638 e. The van der Waals surface area contributed by atoms with E-state index in [1.165, 1.54) is 0 Å². The van der Waals surface area contributed by atoms with Gasteiger partial charge in [-0.3, -0.25) is 0 Å². The van der Waals surface area contributed by atoms with Crippen molar-refractivity contribution in [1.29, 1.82) is 0 Å². The number of hydrogen-bond donors (Lipinski definition) is 1. The first-order valence-electron chi connectivity index (χ1n) is 6.24. The minimum Gasteiger partial charge on any atom is -0.392 e. The Kier molecular flexibility index (Phi) is 4.58. The van der Waals surface area contributed by atoms with Crippen LogP contribution in [0, 0.1) is 0 Å². The second-order valence-electron chi connectivity index (χ2n) is 4.94. The zero-order chi connectivity index (χ0) is 13.9. The maximum atomic E-state index is 10.4. The Morgan fingerprint density at radius 1 is 1.37 bits per heavy atom. The summed E-state index contributed by atoms with van der Waals surface area (Å²) in [7, 11) is 0. The van der Waals surface area contributed by atoms with Crippen molar-refractivity contribution in [2.75, 3.05) is 6.54 Å². The lowest BCUT2D eigenvalue weighted by Crippen LogP contribution is -2.44. The first kappa shape index (κ1) is 14.5. The van der Waals surface area contributed by atoms with Crippen LogP contribution in [0.15, 0.2) is 23.3 Å². The van der Waals surface area contributed by atoms with Gasteiger partial charge in [-0.05, 0) is 36.1 Å². The van der Waals surface area contributed by atoms with Gasteiger partial charge >= 0.3 is 0 Å². The van der Waals surface area contributed by atoms with Gasteiger partial charge in [-0.25, -0.2) is 0 Å². The topological polar surface area (TPSA) is 69.0 Å². The highest BCUT2D eigenvalue weighted by atomic mass is 35.5.